The maximum absolute atomic E-state index is 11.1. The predicted molar refractivity (Wildman–Crippen MR) is 64.0 cm³/mol. The minimum atomic E-state index is -0.515. The number of aromatic nitrogens is 3. The Labute approximate surface area is 96.5 Å². The van der Waals surface area contributed by atoms with Crippen molar-refractivity contribution in [2.45, 2.75) is 6.92 Å². The van der Waals surface area contributed by atoms with Crippen LogP contribution in [0, 0.1) is 0 Å². The molecule has 0 atom stereocenters. The van der Waals surface area contributed by atoms with E-state index >= 15 is 0 Å². The number of hydrogen-bond acceptors (Lipinski definition) is 6. The third-order valence-electron chi connectivity index (χ3n) is 1.73. The van der Waals surface area contributed by atoms with E-state index in [1.54, 1.807) is 13.1 Å². The second-order valence-electron chi connectivity index (χ2n) is 3.00. The molecular weight excluding hydrogens is 227 g/mol. The van der Waals surface area contributed by atoms with E-state index in [1.807, 2.05) is 7.85 Å². The van der Waals surface area contributed by atoms with Crippen LogP contribution < -0.4 is 10.9 Å². The van der Waals surface area contributed by atoms with Gasteiger partial charge in [0, 0.05) is 11.8 Å². The Morgan fingerprint density at radius 2 is 2.44 bits per heavy atom. The molecule has 0 bridgehead atoms. The number of thiazole rings is 1. The van der Waals surface area contributed by atoms with Crippen LogP contribution in [0.15, 0.2) is 6.20 Å². The summed E-state index contributed by atoms with van der Waals surface area (Å²) in [6.45, 7) is 2.07. The van der Waals surface area contributed by atoms with Crippen LogP contribution in [0.3, 0.4) is 0 Å². The van der Waals surface area contributed by atoms with Crippen molar-refractivity contribution in [1.29, 1.82) is 0 Å². The SMILES string of the molecule is Bc1cnc2nc(NC(=O)OCC)sc2n1. The Kier molecular flexibility index (Phi) is 3.00. The van der Waals surface area contributed by atoms with Gasteiger partial charge in [-0.3, -0.25) is 5.32 Å². The molecule has 0 saturated heterocycles. The zero-order valence-corrected chi connectivity index (χ0v) is 9.67. The van der Waals surface area contributed by atoms with Crippen molar-refractivity contribution in [1.82, 2.24) is 15.0 Å². The van der Waals surface area contributed by atoms with Crippen molar-refractivity contribution in [3.8, 4) is 0 Å². The van der Waals surface area contributed by atoms with E-state index in [1.165, 1.54) is 11.3 Å². The predicted octanol–water partition coefficient (Wildman–Crippen LogP) is -0.0869. The lowest BCUT2D eigenvalue weighted by atomic mass is 10.1. The molecule has 0 aromatic carbocycles. The number of ether oxygens (including phenoxy) is 1. The normalized spacial score (nSPS) is 10.3. The largest absolute Gasteiger partial charge is 0.450 e. The Morgan fingerprint density at radius 1 is 1.62 bits per heavy atom. The van der Waals surface area contributed by atoms with Gasteiger partial charge in [-0.1, -0.05) is 11.3 Å². The van der Waals surface area contributed by atoms with Crippen LogP contribution >= 0.6 is 11.3 Å². The quantitative estimate of drug-likeness (QED) is 0.737. The Balaban J connectivity index is 2.23. The number of rotatable bonds is 2. The van der Waals surface area contributed by atoms with Gasteiger partial charge in [0.25, 0.3) is 0 Å². The van der Waals surface area contributed by atoms with E-state index in [9.17, 15) is 4.79 Å². The highest BCUT2D eigenvalue weighted by Crippen LogP contribution is 2.21. The van der Waals surface area contributed by atoms with Crippen LogP contribution in [0.4, 0.5) is 9.93 Å². The van der Waals surface area contributed by atoms with E-state index < -0.39 is 6.09 Å². The van der Waals surface area contributed by atoms with Crippen LogP contribution in [0.2, 0.25) is 0 Å². The summed E-state index contributed by atoms with van der Waals surface area (Å²) in [5, 5.41) is 2.96. The van der Waals surface area contributed by atoms with Gasteiger partial charge < -0.3 is 4.74 Å². The number of carbonyl (C=O) groups excluding carboxylic acids is 1. The van der Waals surface area contributed by atoms with Crippen molar-refractivity contribution in [3.63, 3.8) is 0 Å². The zero-order chi connectivity index (χ0) is 11.5. The third-order valence-corrected chi connectivity index (χ3v) is 2.58. The second-order valence-corrected chi connectivity index (χ2v) is 3.98. The molecule has 0 aliphatic carbocycles. The summed E-state index contributed by atoms with van der Waals surface area (Å²) in [5.41, 5.74) is 1.35. The maximum Gasteiger partial charge on any atom is 0.413 e. The van der Waals surface area contributed by atoms with Gasteiger partial charge in [-0.05, 0) is 6.92 Å². The van der Waals surface area contributed by atoms with Crippen LogP contribution in [0.1, 0.15) is 6.92 Å². The van der Waals surface area contributed by atoms with E-state index in [0.717, 1.165) is 5.59 Å². The van der Waals surface area contributed by atoms with E-state index in [4.69, 9.17) is 4.74 Å². The zero-order valence-electron chi connectivity index (χ0n) is 8.85. The highest BCUT2D eigenvalue weighted by atomic mass is 32.1. The molecule has 1 N–H and O–H groups in total. The molecule has 2 heterocycles. The molecule has 8 heteroatoms. The van der Waals surface area contributed by atoms with Gasteiger partial charge in [-0.25, -0.2) is 14.8 Å². The average molecular weight is 236 g/mol. The first-order valence-corrected chi connectivity index (χ1v) is 5.54. The fraction of sp³-hybridized carbons (Fsp3) is 0.250. The van der Waals surface area contributed by atoms with Crippen LogP contribution in [-0.2, 0) is 4.74 Å². The summed E-state index contributed by atoms with van der Waals surface area (Å²) < 4.78 is 4.74. The lowest BCUT2D eigenvalue weighted by molar-refractivity contribution is 0.168. The fourth-order valence-electron chi connectivity index (χ4n) is 1.11. The molecule has 0 spiro atoms. The summed E-state index contributed by atoms with van der Waals surface area (Å²) in [6.07, 6.45) is 1.12. The number of hydrogen-bond donors (Lipinski definition) is 1. The van der Waals surface area contributed by atoms with Gasteiger partial charge in [-0.2, -0.15) is 4.98 Å². The molecule has 2 rings (SSSR count). The van der Waals surface area contributed by atoms with Gasteiger partial charge in [0.05, 0.1) is 6.61 Å². The molecule has 1 amide bonds. The van der Waals surface area contributed by atoms with Crippen molar-refractivity contribution in [2.75, 3.05) is 11.9 Å². The summed E-state index contributed by atoms with van der Waals surface area (Å²) in [4.78, 5) is 24.3. The lowest BCUT2D eigenvalue weighted by Gasteiger charge is -1.99. The van der Waals surface area contributed by atoms with Gasteiger partial charge in [0.2, 0.25) is 0 Å². The molecule has 16 heavy (non-hydrogen) atoms. The van der Waals surface area contributed by atoms with E-state index in [2.05, 4.69) is 20.3 Å². The highest BCUT2D eigenvalue weighted by molar-refractivity contribution is 7.21. The Bertz CT molecular complexity index is 530. The van der Waals surface area contributed by atoms with Crippen molar-refractivity contribution in [2.24, 2.45) is 0 Å². The first-order valence-electron chi connectivity index (χ1n) is 4.73. The minimum Gasteiger partial charge on any atom is -0.450 e. The van der Waals surface area contributed by atoms with Crippen LogP contribution in [-0.4, -0.2) is 35.5 Å². The molecule has 0 unspecified atom stereocenters. The number of nitrogens with zero attached hydrogens (tertiary/aromatic N) is 3. The van der Waals surface area contributed by atoms with Gasteiger partial charge >= 0.3 is 6.09 Å². The summed E-state index contributed by atoms with van der Waals surface area (Å²) in [5.74, 6) is 0. The minimum absolute atomic E-state index is 0.326. The van der Waals surface area contributed by atoms with Crippen molar-refractivity contribution >= 4 is 46.5 Å². The number of fused-ring (bicyclic) bond motifs is 1. The van der Waals surface area contributed by atoms with E-state index in [0.29, 0.717) is 22.2 Å². The third kappa shape index (κ3) is 2.27. The number of amides is 1. The van der Waals surface area contributed by atoms with E-state index in [-0.39, 0.29) is 0 Å². The van der Waals surface area contributed by atoms with Crippen molar-refractivity contribution < 1.29 is 9.53 Å². The standard InChI is InChI=1S/C8H9BN4O2S/c1-2-15-8(14)13-7-12-5-6(16-7)11-4(9)3-10-5/h3H,2,9H2,1H3,(H,10,12,13,14). The molecule has 0 radical (unpaired) electrons. The Hall–Kier alpha value is -1.70. The molecule has 6 nitrogen and oxygen atoms in total. The molecule has 82 valence electrons. The van der Waals surface area contributed by atoms with Crippen LogP contribution in [0.5, 0.6) is 0 Å². The lowest BCUT2D eigenvalue weighted by Crippen LogP contribution is -2.12. The Morgan fingerprint density at radius 3 is 3.19 bits per heavy atom. The highest BCUT2D eigenvalue weighted by Gasteiger charge is 2.09. The molecule has 0 saturated carbocycles. The maximum atomic E-state index is 11.1. The molecule has 0 fully saturated rings. The topological polar surface area (TPSA) is 77.0 Å². The number of anilines is 1. The van der Waals surface area contributed by atoms with Gasteiger partial charge in [0.1, 0.15) is 0 Å². The fourth-order valence-corrected chi connectivity index (χ4v) is 1.94. The van der Waals surface area contributed by atoms with Gasteiger partial charge in [-0.15, -0.1) is 0 Å². The monoisotopic (exact) mass is 236 g/mol. The molecule has 0 aliphatic heterocycles. The van der Waals surface area contributed by atoms with Gasteiger partial charge in [0.15, 0.2) is 23.5 Å². The molecular formula is C8H9BN4O2S. The average Bonchev–Trinajstić information content (AvgIpc) is 2.59. The van der Waals surface area contributed by atoms with Crippen molar-refractivity contribution in [3.05, 3.63) is 6.20 Å². The molecule has 2 aromatic heterocycles. The first-order chi connectivity index (χ1) is 7.69. The number of carbonyl (C=O) groups is 1. The first kappa shape index (κ1) is 10.8. The summed E-state index contributed by atoms with van der Waals surface area (Å²) >= 11 is 1.27. The summed E-state index contributed by atoms with van der Waals surface area (Å²) in [7, 11) is 1.85. The number of nitrogens with one attached hydrogen (secondary N) is 1. The second kappa shape index (κ2) is 4.44. The smallest absolute Gasteiger partial charge is 0.413 e. The molecule has 0 aliphatic rings. The summed E-state index contributed by atoms with van der Waals surface area (Å²) in [6, 6.07) is 0. The van der Waals surface area contributed by atoms with Crippen LogP contribution in [0.25, 0.3) is 10.5 Å². The molecule has 2 aromatic rings.